The first-order valence-electron chi connectivity index (χ1n) is 8.84. The van der Waals surface area contributed by atoms with Gasteiger partial charge in [-0.2, -0.15) is 0 Å². The number of benzene rings is 2. The van der Waals surface area contributed by atoms with Gasteiger partial charge in [0.25, 0.3) is 5.91 Å². The number of nitrogens with one attached hydrogen (secondary N) is 1. The summed E-state index contributed by atoms with van der Waals surface area (Å²) in [6, 6.07) is 2.14. The number of phenolic OH excluding ortho intramolecular Hbond substituents is 3. The highest BCUT2D eigenvalue weighted by Gasteiger charge is 2.26. The standard InChI is InChI=1S/C20H20ClF2NO6/c1-8(2)24-20(29)11-4-13(22)18(28)19(16(11)23)30-7-9(3)17(27)10-5-14(25)15(26)6-12(10)21/h4-6,8-9,25-26,28H,7H2,1-3H3,(H,24,29). The molecule has 1 amide bonds. The van der Waals surface area contributed by atoms with Gasteiger partial charge in [-0.3, -0.25) is 9.59 Å². The van der Waals surface area contributed by atoms with Gasteiger partial charge in [0, 0.05) is 17.7 Å². The second-order valence-corrected chi connectivity index (χ2v) is 7.33. The zero-order valence-electron chi connectivity index (χ0n) is 16.3. The Hall–Kier alpha value is -3.07. The van der Waals surface area contributed by atoms with Gasteiger partial charge in [-0.25, -0.2) is 8.78 Å². The molecular formula is C20H20ClF2NO6. The Labute approximate surface area is 175 Å². The van der Waals surface area contributed by atoms with Crippen molar-refractivity contribution < 1.29 is 38.4 Å². The maximum Gasteiger partial charge on any atom is 0.254 e. The summed E-state index contributed by atoms with van der Waals surface area (Å²) in [5.74, 6) is -8.19. The van der Waals surface area contributed by atoms with E-state index in [0.29, 0.717) is 6.07 Å². The van der Waals surface area contributed by atoms with Crippen LogP contribution in [-0.4, -0.2) is 39.7 Å². The molecule has 30 heavy (non-hydrogen) atoms. The topological polar surface area (TPSA) is 116 Å². The minimum absolute atomic E-state index is 0.121. The van der Waals surface area contributed by atoms with Gasteiger partial charge >= 0.3 is 0 Å². The second-order valence-electron chi connectivity index (χ2n) is 6.92. The first kappa shape index (κ1) is 23.2. The molecule has 1 atom stereocenters. The number of aromatic hydroxyl groups is 3. The van der Waals surface area contributed by atoms with E-state index in [1.54, 1.807) is 13.8 Å². The summed E-state index contributed by atoms with van der Waals surface area (Å²) >= 11 is 5.90. The van der Waals surface area contributed by atoms with Crippen LogP contribution in [0.1, 0.15) is 41.5 Å². The number of ether oxygens (including phenoxy) is 1. The van der Waals surface area contributed by atoms with Gasteiger partial charge in [-0.05, 0) is 26.0 Å². The van der Waals surface area contributed by atoms with Crippen LogP contribution in [-0.2, 0) is 0 Å². The molecule has 0 radical (unpaired) electrons. The Balaban J connectivity index is 2.26. The Bertz CT molecular complexity index is 996. The lowest BCUT2D eigenvalue weighted by Crippen LogP contribution is -2.31. The molecular weight excluding hydrogens is 424 g/mol. The Kier molecular flexibility index (Phi) is 7.09. The van der Waals surface area contributed by atoms with E-state index >= 15 is 0 Å². The van der Waals surface area contributed by atoms with E-state index < -0.39 is 64.4 Å². The molecule has 0 aliphatic carbocycles. The first-order valence-corrected chi connectivity index (χ1v) is 9.22. The van der Waals surface area contributed by atoms with Gasteiger partial charge in [-0.1, -0.05) is 18.5 Å². The lowest BCUT2D eigenvalue weighted by atomic mass is 9.99. The molecule has 0 saturated heterocycles. The van der Waals surface area contributed by atoms with Gasteiger partial charge in [0.1, 0.15) is 0 Å². The van der Waals surface area contributed by atoms with Crippen molar-refractivity contribution >= 4 is 23.3 Å². The molecule has 2 rings (SSSR count). The van der Waals surface area contributed by atoms with Crippen molar-refractivity contribution in [2.75, 3.05) is 6.61 Å². The Morgan fingerprint density at radius 1 is 1.07 bits per heavy atom. The largest absolute Gasteiger partial charge is 0.504 e. The second kappa shape index (κ2) is 9.17. The summed E-state index contributed by atoms with van der Waals surface area (Å²) in [5.41, 5.74) is -0.788. The van der Waals surface area contributed by atoms with Crippen LogP contribution >= 0.6 is 11.6 Å². The highest BCUT2D eigenvalue weighted by Crippen LogP contribution is 2.36. The summed E-state index contributed by atoms with van der Waals surface area (Å²) in [6.45, 7) is 4.15. The molecule has 0 aliphatic rings. The van der Waals surface area contributed by atoms with Crippen molar-refractivity contribution in [1.82, 2.24) is 5.32 Å². The number of amides is 1. The summed E-state index contributed by atoms with van der Waals surface area (Å²) in [5, 5.41) is 31.0. The molecule has 10 heteroatoms. The van der Waals surface area contributed by atoms with E-state index in [0.717, 1.165) is 12.1 Å². The third kappa shape index (κ3) is 4.91. The third-order valence-corrected chi connectivity index (χ3v) is 4.38. The number of carbonyl (C=O) groups excluding carboxylic acids is 2. The van der Waals surface area contributed by atoms with E-state index in [2.05, 4.69) is 5.32 Å². The van der Waals surface area contributed by atoms with Crippen LogP contribution in [0.4, 0.5) is 8.78 Å². The Morgan fingerprint density at radius 2 is 1.67 bits per heavy atom. The highest BCUT2D eigenvalue weighted by atomic mass is 35.5. The fraction of sp³-hybridized carbons (Fsp3) is 0.300. The number of hydrogen-bond donors (Lipinski definition) is 4. The lowest BCUT2D eigenvalue weighted by Gasteiger charge is -2.17. The summed E-state index contributed by atoms with van der Waals surface area (Å²) in [4.78, 5) is 24.6. The molecule has 2 aromatic rings. The third-order valence-electron chi connectivity index (χ3n) is 4.07. The molecule has 0 heterocycles. The van der Waals surface area contributed by atoms with Gasteiger partial charge in [0.2, 0.25) is 5.75 Å². The number of rotatable bonds is 7. The molecule has 4 N–H and O–H groups in total. The predicted octanol–water partition coefficient (Wildman–Crippen LogP) is 3.77. The molecule has 0 aliphatic heterocycles. The van der Waals surface area contributed by atoms with Crippen LogP contribution in [0.2, 0.25) is 5.02 Å². The molecule has 0 fully saturated rings. The van der Waals surface area contributed by atoms with Gasteiger partial charge in [0.15, 0.2) is 34.7 Å². The summed E-state index contributed by atoms with van der Waals surface area (Å²) < 4.78 is 33.8. The monoisotopic (exact) mass is 443 g/mol. The number of hydrogen-bond acceptors (Lipinski definition) is 6. The normalized spacial score (nSPS) is 12.0. The predicted molar refractivity (Wildman–Crippen MR) is 104 cm³/mol. The van der Waals surface area contributed by atoms with E-state index in [-0.39, 0.29) is 16.6 Å². The number of halogens is 3. The van der Waals surface area contributed by atoms with Crippen LogP contribution in [0, 0.1) is 17.6 Å². The van der Waals surface area contributed by atoms with Crippen LogP contribution in [0.15, 0.2) is 18.2 Å². The zero-order valence-corrected chi connectivity index (χ0v) is 17.1. The van der Waals surface area contributed by atoms with Crippen molar-refractivity contribution in [3.8, 4) is 23.0 Å². The van der Waals surface area contributed by atoms with Crippen molar-refractivity contribution in [3.05, 3.63) is 46.0 Å². The van der Waals surface area contributed by atoms with E-state index in [9.17, 15) is 33.7 Å². The van der Waals surface area contributed by atoms with Gasteiger partial charge in [-0.15, -0.1) is 0 Å². The number of Topliss-reactive ketones (excluding diaryl/α,β-unsaturated/α-hetero) is 1. The van der Waals surface area contributed by atoms with Crippen LogP contribution in [0.25, 0.3) is 0 Å². The Morgan fingerprint density at radius 3 is 2.27 bits per heavy atom. The van der Waals surface area contributed by atoms with Crippen LogP contribution in [0.3, 0.4) is 0 Å². The van der Waals surface area contributed by atoms with Crippen molar-refractivity contribution in [3.63, 3.8) is 0 Å². The minimum Gasteiger partial charge on any atom is -0.504 e. The maximum atomic E-state index is 14.7. The quantitative estimate of drug-likeness (QED) is 0.382. The summed E-state index contributed by atoms with van der Waals surface area (Å²) in [6.07, 6.45) is 0. The lowest BCUT2D eigenvalue weighted by molar-refractivity contribution is 0.0879. The summed E-state index contributed by atoms with van der Waals surface area (Å²) in [7, 11) is 0. The fourth-order valence-electron chi connectivity index (χ4n) is 2.52. The van der Waals surface area contributed by atoms with E-state index in [4.69, 9.17) is 16.3 Å². The molecule has 7 nitrogen and oxygen atoms in total. The zero-order chi connectivity index (χ0) is 22.7. The molecule has 0 saturated carbocycles. The number of phenols is 3. The van der Waals surface area contributed by atoms with Crippen molar-refractivity contribution in [2.24, 2.45) is 5.92 Å². The molecule has 162 valence electrons. The van der Waals surface area contributed by atoms with Crippen LogP contribution in [0.5, 0.6) is 23.0 Å². The van der Waals surface area contributed by atoms with Gasteiger partial charge in [0.05, 0.1) is 23.1 Å². The van der Waals surface area contributed by atoms with Gasteiger partial charge < -0.3 is 25.4 Å². The SMILES string of the molecule is CC(C)NC(=O)c1cc(F)c(O)c(OCC(C)C(=O)c2cc(O)c(O)cc2Cl)c1F. The first-order chi connectivity index (χ1) is 13.9. The van der Waals surface area contributed by atoms with E-state index in [1.807, 2.05) is 0 Å². The number of ketones is 1. The van der Waals surface area contributed by atoms with Crippen molar-refractivity contribution in [2.45, 2.75) is 26.8 Å². The molecule has 0 aromatic heterocycles. The number of carbonyl (C=O) groups is 2. The fourth-order valence-corrected chi connectivity index (χ4v) is 2.77. The van der Waals surface area contributed by atoms with Crippen LogP contribution < -0.4 is 10.1 Å². The smallest absolute Gasteiger partial charge is 0.254 e. The van der Waals surface area contributed by atoms with Crippen molar-refractivity contribution in [1.29, 1.82) is 0 Å². The molecule has 1 unspecified atom stereocenters. The van der Waals surface area contributed by atoms with E-state index in [1.165, 1.54) is 6.92 Å². The average Bonchev–Trinajstić information content (AvgIpc) is 2.66. The average molecular weight is 444 g/mol. The molecule has 0 bridgehead atoms. The molecule has 0 spiro atoms. The minimum atomic E-state index is -1.29. The highest BCUT2D eigenvalue weighted by molar-refractivity contribution is 6.34. The maximum absolute atomic E-state index is 14.7. The molecule has 2 aromatic carbocycles.